The average molecular weight is 607 g/mol. The van der Waals surface area contributed by atoms with E-state index in [1.165, 1.54) is 43.8 Å². The van der Waals surface area contributed by atoms with E-state index in [1.807, 2.05) is 42.5 Å². The molecule has 0 fully saturated rings. The van der Waals surface area contributed by atoms with E-state index in [9.17, 15) is 0 Å². The van der Waals surface area contributed by atoms with Gasteiger partial charge in [0, 0.05) is 26.7 Å². The standard InChI is InChI=1S/C42H27N2OP/c45-46(31-14-2-1-3-15-31,32-22-21-30-23-29-13-6-7-16-33(29)35(30)26-32)40-20-10-19-39-41(40)43-42-37-25-28-12-5-4-11-27(28)24-36(37)34-17-8-9-18-38(34)44(39)42/h1-22,24-26H,23H2. The third-order valence-electron chi connectivity index (χ3n) is 9.83. The minimum atomic E-state index is -3.36. The number of hydrogen-bond donors (Lipinski definition) is 0. The molecule has 1 aliphatic carbocycles. The fraction of sp³-hybridized carbons (Fsp3) is 0.0238. The highest BCUT2D eigenvalue weighted by molar-refractivity contribution is 7.85. The van der Waals surface area contributed by atoms with Crippen LogP contribution in [0, 0.1) is 0 Å². The van der Waals surface area contributed by atoms with E-state index < -0.39 is 7.14 Å². The second-order valence-corrected chi connectivity index (χ2v) is 15.0. The number of rotatable bonds is 3. The molecule has 7 aromatic carbocycles. The molecule has 1 unspecified atom stereocenters. The lowest BCUT2D eigenvalue weighted by Crippen LogP contribution is -2.26. The number of benzene rings is 7. The molecule has 0 aliphatic heterocycles. The quantitative estimate of drug-likeness (QED) is 0.114. The van der Waals surface area contributed by atoms with Crippen molar-refractivity contribution < 1.29 is 4.57 Å². The van der Waals surface area contributed by atoms with E-state index in [0.29, 0.717) is 0 Å². The Morgan fingerprint density at radius 1 is 0.522 bits per heavy atom. The van der Waals surface area contributed by atoms with Crippen LogP contribution in [0.5, 0.6) is 0 Å². The molecule has 1 atom stereocenters. The Labute approximate surface area is 265 Å². The van der Waals surface area contributed by atoms with E-state index in [1.54, 1.807) is 0 Å². The van der Waals surface area contributed by atoms with Gasteiger partial charge in [0.15, 0.2) is 7.14 Å². The van der Waals surface area contributed by atoms with Gasteiger partial charge in [-0.25, -0.2) is 4.98 Å². The van der Waals surface area contributed by atoms with Gasteiger partial charge in [-0.15, -0.1) is 0 Å². The number of imidazole rings is 1. The summed E-state index contributed by atoms with van der Waals surface area (Å²) in [7, 11) is -3.36. The lowest BCUT2D eigenvalue weighted by Gasteiger charge is -2.21. The van der Waals surface area contributed by atoms with Crippen LogP contribution in [0.15, 0.2) is 152 Å². The van der Waals surface area contributed by atoms with Crippen LogP contribution in [0.1, 0.15) is 11.1 Å². The molecule has 2 heterocycles. The van der Waals surface area contributed by atoms with Gasteiger partial charge in [-0.2, -0.15) is 0 Å². The largest absolute Gasteiger partial charge is 0.309 e. The van der Waals surface area contributed by atoms with Crippen LogP contribution < -0.4 is 15.9 Å². The van der Waals surface area contributed by atoms with Gasteiger partial charge in [0.05, 0.1) is 11.0 Å². The first-order valence-corrected chi connectivity index (χ1v) is 17.4. The van der Waals surface area contributed by atoms with Crippen molar-refractivity contribution in [1.29, 1.82) is 0 Å². The zero-order chi connectivity index (χ0) is 30.4. The van der Waals surface area contributed by atoms with Gasteiger partial charge in [-0.1, -0.05) is 115 Å². The van der Waals surface area contributed by atoms with Crippen molar-refractivity contribution in [2.45, 2.75) is 6.42 Å². The Balaban J connectivity index is 1.32. The zero-order valence-electron chi connectivity index (χ0n) is 24.9. The average Bonchev–Trinajstić information content (AvgIpc) is 3.70. The van der Waals surface area contributed by atoms with E-state index >= 15 is 4.57 Å². The molecule has 0 saturated heterocycles. The summed E-state index contributed by atoms with van der Waals surface area (Å²) in [4.78, 5) is 5.42. The molecule has 4 heteroatoms. The summed E-state index contributed by atoms with van der Waals surface area (Å²) < 4.78 is 18.3. The third kappa shape index (κ3) is 3.49. The van der Waals surface area contributed by atoms with Gasteiger partial charge >= 0.3 is 0 Å². The Morgan fingerprint density at radius 3 is 2.09 bits per heavy atom. The van der Waals surface area contributed by atoms with Crippen molar-refractivity contribution in [1.82, 2.24) is 9.38 Å². The first-order valence-electron chi connectivity index (χ1n) is 15.7. The molecule has 0 spiro atoms. The molecule has 2 aromatic heterocycles. The third-order valence-corrected chi connectivity index (χ3v) is 12.9. The van der Waals surface area contributed by atoms with Crippen molar-refractivity contribution >= 4 is 72.2 Å². The van der Waals surface area contributed by atoms with E-state index in [2.05, 4.69) is 114 Å². The first kappa shape index (κ1) is 25.8. The van der Waals surface area contributed by atoms with Gasteiger partial charge in [-0.05, 0) is 81.2 Å². The molecule has 0 radical (unpaired) electrons. The summed E-state index contributed by atoms with van der Waals surface area (Å²) in [6.07, 6.45) is 0.901. The number of nitrogens with zero attached hydrogens (tertiary/aromatic N) is 2. The number of para-hydroxylation sites is 2. The predicted molar refractivity (Wildman–Crippen MR) is 193 cm³/mol. The first-order chi connectivity index (χ1) is 22.7. The van der Waals surface area contributed by atoms with Crippen LogP contribution in [-0.4, -0.2) is 9.38 Å². The molecular weight excluding hydrogens is 579 g/mol. The van der Waals surface area contributed by atoms with Crippen LogP contribution >= 0.6 is 7.14 Å². The molecule has 9 aromatic rings. The molecule has 0 amide bonds. The van der Waals surface area contributed by atoms with E-state index in [-0.39, 0.29) is 0 Å². The fourth-order valence-electron chi connectivity index (χ4n) is 7.68. The molecule has 46 heavy (non-hydrogen) atoms. The molecule has 0 saturated carbocycles. The molecule has 216 valence electrons. The monoisotopic (exact) mass is 606 g/mol. The van der Waals surface area contributed by atoms with Crippen molar-refractivity contribution in [2.75, 3.05) is 0 Å². The number of fused-ring (bicyclic) bond motifs is 12. The predicted octanol–water partition coefficient (Wildman–Crippen LogP) is 9.16. The summed E-state index contributed by atoms with van der Waals surface area (Å²) in [6, 6.07) is 52.8. The van der Waals surface area contributed by atoms with Crippen molar-refractivity contribution in [2.24, 2.45) is 0 Å². The maximum Gasteiger partial charge on any atom is 0.173 e. The van der Waals surface area contributed by atoms with Crippen LogP contribution in [0.3, 0.4) is 0 Å². The molecule has 10 rings (SSSR count). The fourth-order valence-corrected chi connectivity index (χ4v) is 10.5. The number of pyridine rings is 1. The highest BCUT2D eigenvalue weighted by atomic mass is 31.2. The topological polar surface area (TPSA) is 34.4 Å². The minimum Gasteiger partial charge on any atom is -0.309 e. The van der Waals surface area contributed by atoms with Crippen LogP contribution in [-0.2, 0) is 11.0 Å². The lowest BCUT2D eigenvalue weighted by atomic mass is 10.0. The number of hydrogen-bond acceptors (Lipinski definition) is 2. The van der Waals surface area contributed by atoms with Crippen molar-refractivity contribution in [3.63, 3.8) is 0 Å². The molecule has 0 N–H and O–H groups in total. The van der Waals surface area contributed by atoms with Gasteiger partial charge < -0.3 is 4.57 Å². The van der Waals surface area contributed by atoms with Gasteiger partial charge in [0.1, 0.15) is 11.2 Å². The van der Waals surface area contributed by atoms with Crippen LogP contribution in [0.2, 0.25) is 0 Å². The Morgan fingerprint density at radius 2 is 1.22 bits per heavy atom. The second kappa shape index (κ2) is 9.50. The van der Waals surface area contributed by atoms with Gasteiger partial charge in [-0.3, -0.25) is 4.40 Å². The Hall–Kier alpha value is -5.50. The van der Waals surface area contributed by atoms with Gasteiger partial charge in [0.25, 0.3) is 0 Å². The molecular formula is C42H27N2OP. The minimum absolute atomic E-state index is 0.768. The summed E-state index contributed by atoms with van der Waals surface area (Å²) in [5.41, 5.74) is 8.71. The summed E-state index contributed by atoms with van der Waals surface area (Å²) in [6.45, 7) is 0. The van der Waals surface area contributed by atoms with Crippen LogP contribution in [0.25, 0.3) is 60.3 Å². The van der Waals surface area contributed by atoms with Crippen molar-refractivity contribution in [3.8, 4) is 11.1 Å². The zero-order valence-corrected chi connectivity index (χ0v) is 25.8. The van der Waals surface area contributed by atoms with E-state index in [4.69, 9.17) is 4.98 Å². The smallest absolute Gasteiger partial charge is 0.173 e. The molecule has 3 nitrogen and oxygen atoms in total. The van der Waals surface area contributed by atoms with Crippen molar-refractivity contribution in [3.05, 3.63) is 163 Å². The summed E-state index contributed by atoms with van der Waals surface area (Å²) in [5, 5.41) is 8.21. The number of aromatic nitrogens is 2. The Kier molecular flexibility index (Phi) is 5.33. The van der Waals surface area contributed by atoms with Gasteiger partial charge in [0.2, 0.25) is 0 Å². The summed E-state index contributed by atoms with van der Waals surface area (Å²) >= 11 is 0. The molecule has 0 bridgehead atoms. The maximum absolute atomic E-state index is 16.1. The SMILES string of the molecule is O=P(c1ccccc1)(c1ccc2c(c1)-c1ccccc1C2)c1cccc2c1nc1c3cc4ccccc4cc3c3ccccc3n21. The second-order valence-electron chi connectivity index (χ2n) is 12.3. The van der Waals surface area contributed by atoms with E-state index in [0.717, 1.165) is 49.9 Å². The maximum atomic E-state index is 16.1. The van der Waals surface area contributed by atoms with Crippen LogP contribution in [0.4, 0.5) is 0 Å². The highest BCUT2D eigenvalue weighted by Gasteiger charge is 2.34. The lowest BCUT2D eigenvalue weighted by molar-refractivity contribution is 0.592. The summed E-state index contributed by atoms with van der Waals surface area (Å²) in [5.74, 6) is 0. The normalized spacial score (nSPS) is 13.8. The highest BCUT2D eigenvalue weighted by Crippen LogP contribution is 2.47. The Bertz CT molecular complexity index is 2760. The molecule has 1 aliphatic rings.